The molecule has 1 aromatic heterocycles. The molecule has 1 fully saturated rings. The molecule has 1 aliphatic heterocycles. The van der Waals surface area contributed by atoms with E-state index >= 15 is 0 Å². The van der Waals surface area contributed by atoms with Crippen molar-refractivity contribution in [3.63, 3.8) is 0 Å². The summed E-state index contributed by atoms with van der Waals surface area (Å²) in [4.78, 5) is 0. The zero-order valence-corrected chi connectivity index (χ0v) is 16.3. The molecule has 1 aliphatic rings. The van der Waals surface area contributed by atoms with E-state index in [1.165, 1.54) is 12.8 Å². The highest BCUT2D eigenvalue weighted by molar-refractivity contribution is 6.36. The highest BCUT2D eigenvalue weighted by atomic mass is 35.5. The maximum absolute atomic E-state index is 6.21. The van der Waals surface area contributed by atoms with Crippen molar-refractivity contribution in [1.82, 2.24) is 10.6 Å². The van der Waals surface area contributed by atoms with E-state index in [4.69, 9.17) is 27.6 Å². The lowest BCUT2D eigenvalue weighted by molar-refractivity contribution is 0.350. The van der Waals surface area contributed by atoms with Crippen molar-refractivity contribution in [3.05, 3.63) is 46.1 Å². The van der Waals surface area contributed by atoms with Gasteiger partial charge in [-0.2, -0.15) is 0 Å². The van der Waals surface area contributed by atoms with Crippen LogP contribution in [0.4, 0.5) is 0 Å². The number of rotatable bonds is 5. The Morgan fingerprint density at radius 2 is 1.83 bits per heavy atom. The predicted octanol–water partition coefficient (Wildman–Crippen LogP) is 5.19. The summed E-state index contributed by atoms with van der Waals surface area (Å²) in [5.74, 6) is 2.47. The first-order chi connectivity index (χ1) is 10.7. The number of hydrogen-bond donors (Lipinski definition) is 2. The standard InChI is InChI=1S/C17H20Cl2N2O.2ClH/c18-13-1-3-15(16(19)9-13)17-4-2-14(22-17)11-21-10-12-5-7-20-8-6-12;;/h1-4,9,12,20-21H,5-8,10-11H2;2*1H. The minimum Gasteiger partial charge on any atom is -0.460 e. The Labute approximate surface area is 165 Å². The molecule has 2 aromatic rings. The van der Waals surface area contributed by atoms with Crippen molar-refractivity contribution < 1.29 is 4.42 Å². The van der Waals surface area contributed by atoms with Gasteiger partial charge in [-0.05, 0) is 68.7 Å². The monoisotopic (exact) mass is 410 g/mol. The maximum Gasteiger partial charge on any atom is 0.135 e. The average Bonchev–Trinajstić information content (AvgIpc) is 2.97. The van der Waals surface area contributed by atoms with Gasteiger partial charge >= 0.3 is 0 Å². The van der Waals surface area contributed by atoms with Crippen molar-refractivity contribution in [2.45, 2.75) is 19.4 Å². The number of halogens is 4. The first-order valence-electron chi connectivity index (χ1n) is 7.68. The van der Waals surface area contributed by atoms with Crippen molar-refractivity contribution in [2.75, 3.05) is 19.6 Å². The first kappa shape index (κ1) is 21.6. The largest absolute Gasteiger partial charge is 0.460 e. The highest BCUT2D eigenvalue weighted by Crippen LogP contribution is 2.31. The van der Waals surface area contributed by atoms with Gasteiger partial charge in [-0.1, -0.05) is 23.2 Å². The molecule has 134 valence electrons. The van der Waals surface area contributed by atoms with E-state index in [1.54, 1.807) is 6.07 Å². The fraction of sp³-hybridized carbons (Fsp3) is 0.412. The topological polar surface area (TPSA) is 37.2 Å². The van der Waals surface area contributed by atoms with E-state index in [-0.39, 0.29) is 24.8 Å². The lowest BCUT2D eigenvalue weighted by Gasteiger charge is -2.22. The molecule has 0 bridgehead atoms. The smallest absolute Gasteiger partial charge is 0.135 e. The number of piperidine rings is 1. The third kappa shape index (κ3) is 5.83. The molecule has 0 aliphatic carbocycles. The minimum atomic E-state index is 0. The third-order valence-electron chi connectivity index (χ3n) is 4.05. The molecule has 3 rings (SSSR count). The van der Waals surface area contributed by atoms with Crippen molar-refractivity contribution in [3.8, 4) is 11.3 Å². The molecule has 2 N–H and O–H groups in total. The van der Waals surface area contributed by atoms with E-state index < -0.39 is 0 Å². The van der Waals surface area contributed by atoms with Crippen LogP contribution in [0.25, 0.3) is 11.3 Å². The normalized spacial score (nSPS) is 14.8. The molecular formula is C17H22Cl4N2O. The van der Waals surface area contributed by atoms with Gasteiger partial charge in [0.1, 0.15) is 11.5 Å². The molecule has 24 heavy (non-hydrogen) atoms. The van der Waals surface area contributed by atoms with Gasteiger partial charge in [0.15, 0.2) is 0 Å². The summed E-state index contributed by atoms with van der Waals surface area (Å²) in [5.41, 5.74) is 0.871. The Bertz CT molecular complexity index is 627. The van der Waals surface area contributed by atoms with E-state index in [1.807, 2.05) is 24.3 Å². The van der Waals surface area contributed by atoms with Gasteiger partial charge in [0, 0.05) is 10.6 Å². The van der Waals surface area contributed by atoms with Gasteiger partial charge in [0.2, 0.25) is 0 Å². The molecule has 0 atom stereocenters. The van der Waals surface area contributed by atoms with Crippen LogP contribution < -0.4 is 10.6 Å². The molecule has 7 heteroatoms. The number of furan rings is 1. The zero-order valence-electron chi connectivity index (χ0n) is 13.2. The summed E-state index contributed by atoms with van der Waals surface area (Å²) in [6.45, 7) is 4.05. The summed E-state index contributed by atoms with van der Waals surface area (Å²) >= 11 is 12.1. The molecule has 0 spiro atoms. The van der Waals surface area contributed by atoms with Gasteiger partial charge in [-0.25, -0.2) is 0 Å². The Morgan fingerprint density at radius 3 is 2.54 bits per heavy atom. The zero-order chi connectivity index (χ0) is 15.4. The second-order valence-electron chi connectivity index (χ2n) is 5.71. The van der Waals surface area contributed by atoms with Crippen LogP contribution in [0.5, 0.6) is 0 Å². The SMILES string of the molecule is Cl.Cl.Clc1ccc(-c2ccc(CNCC3CCNCC3)o2)c(Cl)c1. The van der Waals surface area contributed by atoms with Crippen LogP contribution in [0.2, 0.25) is 10.0 Å². The lowest BCUT2D eigenvalue weighted by Crippen LogP contribution is -2.33. The van der Waals surface area contributed by atoms with Crippen LogP contribution in [-0.2, 0) is 6.54 Å². The second-order valence-corrected chi connectivity index (χ2v) is 6.56. The summed E-state index contributed by atoms with van der Waals surface area (Å²) in [6, 6.07) is 9.39. The van der Waals surface area contributed by atoms with Gasteiger partial charge in [-0.15, -0.1) is 24.8 Å². The van der Waals surface area contributed by atoms with E-state index in [0.29, 0.717) is 10.0 Å². The number of benzene rings is 1. The lowest BCUT2D eigenvalue weighted by atomic mass is 9.98. The fourth-order valence-corrected chi connectivity index (χ4v) is 3.29. The Balaban J connectivity index is 0.00000144. The Kier molecular flexibility index (Phi) is 9.50. The minimum absolute atomic E-state index is 0. The molecular weight excluding hydrogens is 390 g/mol. The van der Waals surface area contributed by atoms with E-state index in [0.717, 1.165) is 49.2 Å². The van der Waals surface area contributed by atoms with Crippen LogP contribution >= 0.6 is 48.0 Å². The van der Waals surface area contributed by atoms with Crippen LogP contribution in [0.3, 0.4) is 0 Å². The number of hydrogen-bond acceptors (Lipinski definition) is 3. The summed E-state index contributed by atoms with van der Waals surface area (Å²) in [7, 11) is 0. The summed E-state index contributed by atoms with van der Waals surface area (Å²) in [6.07, 6.45) is 2.49. The van der Waals surface area contributed by atoms with Crippen LogP contribution in [0.1, 0.15) is 18.6 Å². The average molecular weight is 412 g/mol. The quantitative estimate of drug-likeness (QED) is 0.710. The Morgan fingerprint density at radius 1 is 1.08 bits per heavy atom. The molecule has 0 amide bonds. The predicted molar refractivity (Wildman–Crippen MR) is 106 cm³/mol. The fourth-order valence-electron chi connectivity index (χ4n) is 2.79. The van der Waals surface area contributed by atoms with Gasteiger partial charge in [0.25, 0.3) is 0 Å². The van der Waals surface area contributed by atoms with Crippen LogP contribution in [-0.4, -0.2) is 19.6 Å². The van der Waals surface area contributed by atoms with Crippen molar-refractivity contribution >= 4 is 48.0 Å². The van der Waals surface area contributed by atoms with Gasteiger partial charge < -0.3 is 15.1 Å². The highest BCUT2D eigenvalue weighted by Gasteiger charge is 2.13. The third-order valence-corrected chi connectivity index (χ3v) is 4.60. The summed E-state index contributed by atoms with van der Waals surface area (Å²) in [5, 5.41) is 8.11. The van der Waals surface area contributed by atoms with Gasteiger partial charge in [-0.3, -0.25) is 0 Å². The van der Waals surface area contributed by atoms with Crippen molar-refractivity contribution in [2.24, 2.45) is 5.92 Å². The van der Waals surface area contributed by atoms with E-state index in [9.17, 15) is 0 Å². The first-order valence-corrected chi connectivity index (χ1v) is 8.43. The molecule has 0 saturated carbocycles. The van der Waals surface area contributed by atoms with Crippen LogP contribution in [0.15, 0.2) is 34.7 Å². The second kappa shape index (κ2) is 10.5. The van der Waals surface area contributed by atoms with E-state index in [2.05, 4.69) is 10.6 Å². The molecule has 1 saturated heterocycles. The van der Waals surface area contributed by atoms with Crippen LogP contribution in [0, 0.1) is 5.92 Å². The Hall–Kier alpha value is -0.420. The molecule has 3 nitrogen and oxygen atoms in total. The molecule has 0 radical (unpaired) electrons. The summed E-state index contributed by atoms with van der Waals surface area (Å²) < 4.78 is 5.88. The van der Waals surface area contributed by atoms with Gasteiger partial charge in [0.05, 0.1) is 11.6 Å². The maximum atomic E-state index is 6.21. The van der Waals surface area contributed by atoms with Crippen molar-refractivity contribution in [1.29, 1.82) is 0 Å². The number of nitrogens with one attached hydrogen (secondary N) is 2. The molecule has 2 heterocycles. The molecule has 0 unspecified atom stereocenters. The molecule has 1 aromatic carbocycles.